The number of aliphatic hydroxyl groups excluding tert-OH is 1. The summed E-state index contributed by atoms with van der Waals surface area (Å²) in [7, 11) is 0. The van der Waals surface area contributed by atoms with Crippen molar-refractivity contribution in [3.8, 4) is 0 Å². The van der Waals surface area contributed by atoms with Crippen molar-refractivity contribution in [3.63, 3.8) is 0 Å². The molecule has 0 bridgehead atoms. The molecule has 2 aromatic rings. The number of nitrogens with zero attached hydrogens (tertiary/aromatic N) is 1. The number of amides is 1. The van der Waals surface area contributed by atoms with Crippen LogP contribution in [0, 0.1) is 0 Å². The lowest BCUT2D eigenvalue weighted by Crippen LogP contribution is -2.21. The minimum Gasteiger partial charge on any atom is -0.466 e. The fourth-order valence-electron chi connectivity index (χ4n) is 3.64. The van der Waals surface area contributed by atoms with Crippen LogP contribution in [0.15, 0.2) is 83.1 Å². The Morgan fingerprint density at radius 2 is 2.03 bits per heavy atom. The summed E-state index contributed by atoms with van der Waals surface area (Å²) in [6.07, 6.45) is 13.5. The molecule has 1 aromatic carbocycles. The van der Waals surface area contributed by atoms with Gasteiger partial charge >= 0.3 is 0 Å². The number of carbonyl (C=O) groups excluding carboxylic acids is 1. The fraction of sp³-hybridized carbons (Fsp3) is 0.250. The van der Waals surface area contributed by atoms with Crippen molar-refractivity contribution in [2.75, 3.05) is 11.9 Å². The number of benzene rings is 1. The molecule has 0 unspecified atom stereocenters. The van der Waals surface area contributed by atoms with Crippen molar-refractivity contribution >= 4 is 22.4 Å². The van der Waals surface area contributed by atoms with Gasteiger partial charge in [0.2, 0.25) is 5.91 Å². The zero-order valence-electron chi connectivity index (χ0n) is 17.0. The Morgan fingerprint density at radius 3 is 2.84 bits per heavy atom. The van der Waals surface area contributed by atoms with E-state index in [1.807, 2.05) is 6.08 Å². The highest BCUT2D eigenvalue weighted by Crippen LogP contribution is 2.26. The molecule has 0 fully saturated rings. The van der Waals surface area contributed by atoms with Crippen LogP contribution in [-0.4, -0.2) is 22.2 Å². The molecule has 31 heavy (non-hydrogen) atoms. The summed E-state index contributed by atoms with van der Waals surface area (Å²) >= 11 is 0. The summed E-state index contributed by atoms with van der Waals surface area (Å²) in [6, 6.07) is 6.93. The normalized spacial score (nSPS) is 15.5. The SMILES string of the molecule is O=C(CC1=COC=C(CC2=CC=CCC2)O1)Nc1cccc2c(=O)n(CCO)ccc12. The van der Waals surface area contributed by atoms with Crippen LogP contribution >= 0.6 is 0 Å². The number of rotatable bonds is 7. The summed E-state index contributed by atoms with van der Waals surface area (Å²) in [4.78, 5) is 25.2. The smallest absolute Gasteiger partial charge is 0.258 e. The predicted octanol–water partition coefficient (Wildman–Crippen LogP) is 3.72. The molecular weight excluding hydrogens is 396 g/mol. The fourth-order valence-corrected chi connectivity index (χ4v) is 3.64. The highest BCUT2D eigenvalue weighted by atomic mass is 16.5. The van der Waals surface area contributed by atoms with Gasteiger partial charge in [-0.05, 0) is 31.0 Å². The van der Waals surface area contributed by atoms with Crippen molar-refractivity contribution in [2.45, 2.75) is 32.2 Å². The second-order valence-corrected chi connectivity index (χ2v) is 7.40. The molecule has 0 atom stereocenters. The minimum atomic E-state index is -0.275. The maximum Gasteiger partial charge on any atom is 0.258 e. The van der Waals surface area contributed by atoms with Crippen molar-refractivity contribution in [2.24, 2.45) is 0 Å². The number of nitrogens with one attached hydrogen (secondary N) is 1. The van der Waals surface area contributed by atoms with E-state index in [4.69, 9.17) is 14.6 Å². The minimum absolute atomic E-state index is 0.00819. The molecule has 160 valence electrons. The lowest BCUT2D eigenvalue weighted by molar-refractivity contribution is -0.116. The monoisotopic (exact) mass is 420 g/mol. The average Bonchev–Trinajstić information content (AvgIpc) is 2.77. The third-order valence-corrected chi connectivity index (χ3v) is 5.13. The van der Waals surface area contributed by atoms with Gasteiger partial charge in [-0.3, -0.25) is 9.59 Å². The van der Waals surface area contributed by atoms with Crippen LogP contribution in [0.25, 0.3) is 10.8 Å². The molecule has 0 radical (unpaired) electrons. The zero-order chi connectivity index (χ0) is 21.6. The first-order valence-corrected chi connectivity index (χ1v) is 10.2. The number of allylic oxidation sites excluding steroid dienone is 4. The van der Waals surface area contributed by atoms with E-state index in [9.17, 15) is 9.59 Å². The second-order valence-electron chi connectivity index (χ2n) is 7.40. The summed E-state index contributed by atoms with van der Waals surface area (Å²) < 4.78 is 12.7. The third kappa shape index (κ3) is 4.95. The van der Waals surface area contributed by atoms with Gasteiger partial charge in [0, 0.05) is 35.6 Å². The van der Waals surface area contributed by atoms with Gasteiger partial charge < -0.3 is 24.5 Å². The highest BCUT2D eigenvalue weighted by Gasteiger charge is 2.17. The topological polar surface area (TPSA) is 89.8 Å². The number of anilines is 1. The number of pyridine rings is 1. The van der Waals surface area contributed by atoms with E-state index in [0.717, 1.165) is 12.8 Å². The maximum absolute atomic E-state index is 12.6. The molecule has 7 nitrogen and oxygen atoms in total. The first-order chi connectivity index (χ1) is 15.1. The maximum atomic E-state index is 12.6. The van der Waals surface area contributed by atoms with Crippen LogP contribution in [0.4, 0.5) is 5.69 Å². The number of fused-ring (bicyclic) bond motifs is 1. The lowest BCUT2D eigenvalue weighted by atomic mass is 10.0. The van der Waals surface area contributed by atoms with Gasteiger partial charge in [0.1, 0.15) is 24.0 Å². The Morgan fingerprint density at radius 1 is 1.16 bits per heavy atom. The van der Waals surface area contributed by atoms with E-state index >= 15 is 0 Å². The molecule has 1 aliphatic heterocycles. The molecule has 1 amide bonds. The van der Waals surface area contributed by atoms with E-state index in [-0.39, 0.29) is 31.0 Å². The van der Waals surface area contributed by atoms with Crippen LogP contribution in [0.2, 0.25) is 0 Å². The molecule has 2 N–H and O–H groups in total. The Kier molecular flexibility index (Phi) is 6.33. The zero-order valence-corrected chi connectivity index (χ0v) is 17.0. The van der Waals surface area contributed by atoms with E-state index in [1.165, 1.54) is 16.4 Å². The van der Waals surface area contributed by atoms with Crippen LogP contribution in [-0.2, 0) is 20.8 Å². The third-order valence-electron chi connectivity index (χ3n) is 5.13. The van der Waals surface area contributed by atoms with E-state index < -0.39 is 0 Å². The summed E-state index contributed by atoms with van der Waals surface area (Å²) in [5.41, 5.74) is 1.59. The Balaban J connectivity index is 1.42. The number of carbonyl (C=O) groups is 1. The Hall–Kier alpha value is -3.58. The Labute approximate surface area is 179 Å². The predicted molar refractivity (Wildman–Crippen MR) is 118 cm³/mol. The lowest BCUT2D eigenvalue weighted by Gasteiger charge is -2.18. The van der Waals surface area contributed by atoms with Gasteiger partial charge in [-0.15, -0.1) is 0 Å². The standard InChI is InChI=1S/C24H24N2O5/c27-12-11-26-10-9-20-21(24(26)29)7-4-8-22(20)25-23(28)14-19-16-30-15-18(31-19)13-17-5-2-1-3-6-17/h1-2,4-5,7-10,15-16,27H,3,6,11-14H2,(H,25,28). The van der Waals surface area contributed by atoms with Crippen molar-refractivity contribution in [3.05, 3.63) is 88.7 Å². The molecule has 0 saturated carbocycles. The first kappa shape index (κ1) is 20.7. The quantitative estimate of drug-likeness (QED) is 0.713. The van der Waals surface area contributed by atoms with E-state index in [2.05, 4.69) is 17.5 Å². The summed E-state index contributed by atoms with van der Waals surface area (Å²) in [6.45, 7) is 0.101. The van der Waals surface area contributed by atoms with Crippen LogP contribution in [0.5, 0.6) is 0 Å². The van der Waals surface area contributed by atoms with Crippen LogP contribution in [0.3, 0.4) is 0 Å². The van der Waals surface area contributed by atoms with Crippen molar-refractivity contribution in [1.29, 1.82) is 0 Å². The molecule has 2 aliphatic rings. The number of aromatic nitrogens is 1. The number of hydrogen-bond donors (Lipinski definition) is 2. The average molecular weight is 420 g/mol. The van der Waals surface area contributed by atoms with Gasteiger partial charge in [0.05, 0.1) is 13.0 Å². The molecule has 1 aliphatic carbocycles. The number of aliphatic hydroxyl groups is 1. The van der Waals surface area contributed by atoms with Crippen LogP contribution in [0.1, 0.15) is 25.7 Å². The second kappa shape index (κ2) is 9.49. The van der Waals surface area contributed by atoms with Gasteiger partial charge in [-0.25, -0.2) is 0 Å². The number of hydrogen-bond acceptors (Lipinski definition) is 5. The van der Waals surface area contributed by atoms with Gasteiger partial charge in [-0.2, -0.15) is 0 Å². The van der Waals surface area contributed by atoms with Gasteiger partial charge in [0.15, 0.2) is 0 Å². The largest absolute Gasteiger partial charge is 0.466 e. The molecular formula is C24H24N2O5. The number of ether oxygens (including phenoxy) is 2. The van der Waals surface area contributed by atoms with Gasteiger partial charge in [-0.1, -0.05) is 29.9 Å². The van der Waals surface area contributed by atoms with E-state index in [1.54, 1.807) is 36.7 Å². The molecule has 4 rings (SSSR count). The molecule has 2 heterocycles. The Bertz CT molecular complexity index is 1170. The molecule has 0 spiro atoms. The summed E-state index contributed by atoms with van der Waals surface area (Å²) in [5.74, 6) is 0.817. The van der Waals surface area contributed by atoms with Gasteiger partial charge in [0.25, 0.3) is 5.56 Å². The van der Waals surface area contributed by atoms with Crippen molar-refractivity contribution < 1.29 is 19.4 Å². The van der Waals surface area contributed by atoms with Crippen molar-refractivity contribution in [1.82, 2.24) is 4.57 Å². The first-order valence-electron chi connectivity index (χ1n) is 10.2. The van der Waals surface area contributed by atoms with E-state index in [0.29, 0.717) is 34.4 Å². The summed E-state index contributed by atoms with van der Waals surface area (Å²) in [5, 5.41) is 13.1. The highest BCUT2D eigenvalue weighted by molar-refractivity contribution is 6.02. The molecule has 0 saturated heterocycles. The molecule has 7 heteroatoms. The van der Waals surface area contributed by atoms with Crippen LogP contribution < -0.4 is 10.9 Å². The molecule has 1 aromatic heterocycles.